The Balaban J connectivity index is 1.22. The first-order valence-corrected chi connectivity index (χ1v) is 9.76. The van der Waals surface area contributed by atoms with Crippen LogP contribution < -0.4 is 4.74 Å². The van der Waals surface area contributed by atoms with E-state index >= 15 is 0 Å². The van der Waals surface area contributed by atoms with Crippen LogP contribution in [0.4, 0.5) is 13.2 Å². The van der Waals surface area contributed by atoms with Gasteiger partial charge in [0.2, 0.25) is 0 Å². The van der Waals surface area contributed by atoms with Crippen molar-refractivity contribution < 1.29 is 27.2 Å². The summed E-state index contributed by atoms with van der Waals surface area (Å²) >= 11 is 0. The molecule has 0 bridgehead atoms. The van der Waals surface area contributed by atoms with E-state index in [1.165, 1.54) is 12.1 Å². The van der Waals surface area contributed by atoms with Gasteiger partial charge in [-0.15, -0.1) is 18.3 Å². The van der Waals surface area contributed by atoms with Crippen molar-refractivity contribution in [1.82, 2.24) is 30.0 Å². The van der Waals surface area contributed by atoms with E-state index in [0.717, 1.165) is 25.0 Å². The van der Waals surface area contributed by atoms with E-state index in [2.05, 4.69) is 25.2 Å². The standard InChI is InChI=1S/C19H17F3N6O3/c20-19(21,22)30-14-5-3-12(4-6-14)18(29)27-8-7-13(9-27)28-10-15(24-26-28)17-23-16(25-31-17)11-1-2-11/h3-6,10-11,13H,1-2,7-9H2. The average Bonchev–Trinajstić information content (AvgIpc) is 3.15. The molecule has 2 aliphatic rings. The van der Waals surface area contributed by atoms with Gasteiger partial charge in [-0.3, -0.25) is 4.79 Å². The van der Waals surface area contributed by atoms with Crippen molar-refractivity contribution in [1.29, 1.82) is 0 Å². The van der Waals surface area contributed by atoms with E-state index in [0.29, 0.717) is 42.8 Å². The lowest BCUT2D eigenvalue weighted by molar-refractivity contribution is -0.274. The molecule has 3 aromatic rings. The Bertz CT molecular complexity index is 1090. The summed E-state index contributed by atoms with van der Waals surface area (Å²) in [6.07, 6.45) is -0.260. The molecule has 9 nitrogen and oxygen atoms in total. The van der Waals surface area contributed by atoms with Crippen LogP contribution in [0.1, 0.15) is 47.4 Å². The number of likely N-dealkylation sites (tertiary alicyclic amines) is 1. The normalized spacial score (nSPS) is 19.1. The van der Waals surface area contributed by atoms with Crippen LogP contribution in [0.15, 0.2) is 35.0 Å². The van der Waals surface area contributed by atoms with E-state index in [1.807, 2.05) is 0 Å². The molecule has 12 heteroatoms. The minimum absolute atomic E-state index is 0.0798. The molecule has 1 atom stereocenters. The highest BCUT2D eigenvalue weighted by Crippen LogP contribution is 2.38. The van der Waals surface area contributed by atoms with Gasteiger partial charge < -0.3 is 14.2 Å². The number of benzene rings is 1. The van der Waals surface area contributed by atoms with Gasteiger partial charge in [-0.25, -0.2) is 4.68 Å². The SMILES string of the molecule is O=C(c1ccc(OC(F)(F)F)cc1)N1CCC(n2cc(-c3nc(C4CC4)no3)nn2)C1. The fraction of sp³-hybridized carbons (Fsp3) is 0.421. The second-order valence-electron chi connectivity index (χ2n) is 7.58. The summed E-state index contributed by atoms with van der Waals surface area (Å²) < 4.78 is 47.6. The third kappa shape index (κ3) is 4.23. The Hall–Kier alpha value is -3.44. The molecule has 1 unspecified atom stereocenters. The van der Waals surface area contributed by atoms with Crippen LogP contribution in [0.5, 0.6) is 5.75 Å². The number of rotatable bonds is 5. The molecule has 0 N–H and O–H groups in total. The number of alkyl halides is 3. The number of aromatic nitrogens is 5. The van der Waals surface area contributed by atoms with Crippen LogP contribution in [0, 0.1) is 0 Å². The molecular weight excluding hydrogens is 417 g/mol. The fourth-order valence-electron chi connectivity index (χ4n) is 3.52. The van der Waals surface area contributed by atoms with Crippen molar-refractivity contribution in [2.75, 3.05) is 13.1 Å². The monoisotopic (exact) mass is 434 g/mol. The predicted octanol–water partition coefficient (Wildman–Crippen LogP) is 3.19. The van der Waals surface area contributed by atoms with Gasteiger partial charge in [0.1, 0.15) is 5.75 Å². The third-order valence-electron chi connectivity index (χ3n) is 5.27. The number of nitrogens with zero attached hydrogens (tertiary/aromatic N) is 6. The van der Waals surface area contributed by atoms with Crippen LogP contribution in [0.25, 0.3) is 11.6 Å². The molecule has 162 valence electrons. The first-order chi connectivity index (χ1) is 14.9. The molecule has 1 aromatic carbocycles. The van der Waals surface area contributed by atoms with Crippen molar-refractivity contribution in [2.45, 2.75) is 37.6 Å². The molecule has 5 rings (SSSR count). The van der Waals surface area contributed by atoms with Crippen molar-refractivity contribution in [2.24, 2.45) is 0 Å². The summed E-state index contributed by atoms with van der Waals surface area (Å²) in [6.45, 7) is 0.894. The maximum Gasteiger partial charge on any atom is 0.573 e. The zero-order valence-electron chi connectivity index (χ0n) is 16.1. The van der Waals surface area contributed by atoms with Gasteiger partial charge in [-0.1, -0.05) is 10.4 Å². The van der Waals surface area contributed by atoms with Crippen molar-refractivity contribution >= 4 is 5.91 Å². The van der Waals surface area contributed by atoms with Gasteiger partial charge in [-0.2, -0.15) is 4.98 Å². The molecule has 2 aromatic heterocycles. The topological polar surface area (TPSA) is 99.2 Å². The second-order valence-corrected chi connectivity index (χ2v) is 7.58. The highest BCUT2D eigenvalue weighted by atomic mass is 19.4. The Kier molecular flexibility index (Phi) is 4.63. The van der Waals surface area contributed by atoms with Crippen molar-refractivity contribution in [3.63, 3.8) is 0 Å². The van der Waals surface area contributed by atoms with Gasteiger partial charge in [0.15, 0.2) is 11.5 Å². The molecule has 1 saturated heterocycles. The highest BCUT2D eigenvalue weighted by molar-refractivity contribution is 5.94. The van der Waals surface area contributed by atoms with Crippen molar-refractivity contribution in [3.8, 4) is 17.3 Å². The molecule has 31 heavy (non-hydrogen) atoms. The number of carbonyl (C=O) groups excluding carboxylic acids is 1. The van der Waals surface area contributed by atoms with Gasteiger partial charge in [0.25, 0.3) is 11.8 Å². The van der Waals surface area contributed by atoms with Crippen LogP contribution in [-0.2, 0) is 0 Å². The van der Waals surface area contributed by atoms with Gasteiger partial charge in [0, 0.05) is 24.6 Å². The Morgan fingerprint density at radius 2 is 1.94 bits per heavy atom. The summed E-state index contributed by atoms with van der Waals surface area (Å²) in [5.41, 5.74) is 0.761. The number of hydrogen-bond donors (Lipinski definition) is 0. The van der Waals surface area contributed by atoms with Crippen molar-refractivity contribution in [3.05, 3.63) is 41.9 Å². The fourth-order valence-corrected chi connectivity index (χ4v) is 3.52. The number of carbonyl (C=O) groups is 1. The summed E-state index contributed by atoms with van der Waals surface area (Å²) in [6, 6.07) is 4.80. The molecule has 2 fully saturated rings. The van der Waals surface area contributed by atoms with E-state index in [-0.39, 0.29) is 23.3 Å². The minimum Gasteiger partial charge on any atom is -0.406 e. The first kappa shape index (κ1) is 19.5. The average molecular weight is 434 g/mol. The van der Waals surface area contributed by atoms with E-state index in [9.17, 15) is 18.0 Å². The lowest BCUT2D eigenvalue weighted by atomic mass is 10.2. The third-order valence-corrected chi connectivity index (χ3v) is 5.27. The number of halogens is 3. The van der Waals surface area contributed by atoms with Gasteiger partial charge >= 0.3 is 6.36 Å². The van der Waals surface area contributed by atoms with E-state index in [1.54, 1.807) is 15.8 Å². The van der Waals surface area contributed by atoms with Crippen LogP contribution in [0.2, 0.25) is 0 Å². The van der Waals surface area contributed by atoms with E-state index in [4.69, 9.17) is 4.52 Å². The quantitative estimate of drug-likeness (QED) is 0.608. The number of amides is 1. The van der Waals surface area contributed by atoms with E-state index < -0.39 is 6.36 Å². The summed E-state index contributed by atoms with van der Waals surface area (Å²) in [5, 5.41) is 12.2. The Morgan fingerprint density at radius 3 is 2.65 bits per heavy atom. The van der Waals surface area contributed by atoms with Gasteiger partial charge in [-0.05, 0) is 43.5 Å². The van der Waals surface area contributed by atoms with Crippen LogP contribution >= 0.6 is 0 Å². The molecule has 0 radical (unpaired) electrons. The first-order valence-electron chi connectivity index (χ1n) is 9.76. The van der Waals surface area contributed by atoms with Crippen LogP contribution in [0.3, 0.4) is 0 Å². The lowest BCUT2D eigenvalue weighted by Crippen LogP contribution is -2.29. The summed E-state index contributed by atoms with van der Waals surface area (Å²) in [5.74, 6) is 0.738. The molecule has 1 saturated carbocycles. The molecule has 1 aliphatic carbocycles. The largest absolute Gasteiger partial charge is 0.573 e. The number of hydrogen-bond acceptors (Lipinski definition) is 7. The predicted molar refractivity (Wildman–Crippen MR) is 98.0 cm³/mol. The lowest BCUT2D eigenvalue weighted by Gasteiger charge is -2.17. The molecular formula is C19H17F3N6O3. The molecule has 1 amide bonds. The summed E-state index contributed by atoms with van der Waals surface area (Å²) in [4.78, 5) is 18.7. The number of ether oxygens (including phenoxy) is 1. The Labute approximate surface area is 173 Å². The smallest absolute Gasteiger partial charge is 0.406 e. The zero-order valence-corrected chi connectivity index (χ0v) is 16.1. The molecule has 3 heterocycles. The highest BCUT2D eigenvalue weighted by Gasteiger charge is 2.33. The maximum atomic E-state index is 12.7. The molecule has 0 spiro atoms. The Morgan fingerprint density at radius 1 is 1.16 bits per heavy atom. The molecule has 1 aliphatic heterocycles. The van der Waals surface area contributed by atoms with Crippen LogP contribution in [-0.4, -0.2) is 55.4 Å². The zero-order chi connectivity index (χ0) is 21.6. The maximum absolute atomic E-state index is 12.7. The van der Waals surface area contributed by atoms with Gasteiger partial charge in [0.05, 0.1) is 12.2 Å². The summed E-state index contributed by atoms with van der Waals surface area (Å²) in [7, 11) is 0. The second kappa shape index (κ2) is 7.36. The minimum atomic E-state index is -4.77.